The van der Waals surface area contributed by atoms with Crippen LogP contribution in [0.3, 0.4) is 0 Å². The molecule has 0 heterocycles. The monoisotopic (exact) mass is 305 g/mol. The first-order valence-electron chi connectivity index (χ1n) is 6.44. The Morgan fingerprint density at radius 3 is 2.62 bits per heavy atom. The molecule has 1 rings (SSSR count). The quantitative estimate of drug-likeness (QED) is 0.847. The van der Waals surface area contributed by atoms with Gasteiger partial charge in [0.1, 0.15) is 5.75 Å². The molecule has 1 amide bonds. The van der Waals surface area contributed by atoms with Crippen molar-refractivity contribution >= 4 is 5.91 Å². The Balaban J connectivity index is 2.41. The minimum Gasteiger partial charge on any atom is -0.484 e. The molecule has 1 unspecified atom stereocenters. The Hall–Kier alpha value is -1.76. The number of amides is 1. The SMILES string of the molecule is CC(C)c1cccc(OCC(=O)NCC(O)C(F)(F)F)c1. The average Bonchev–Trinajstić information content (AvgIpc) is 2.41. The van der Waals surface area contributed by atoms with Crippen molar-refractivity contribution < 1.29 is 27.8 Å². The summed E-state index contributed by atoms with van der Waals surface area (Å²) in [5, 5.41) is 10.7. The second kappa shape index (κ2) is 7.31. The Morgan fingerprint density at radius 1 is 1.38 bits per heavy atom. The highest BCUT2D eigenvalue weighted by molar-refractivity contribution is 5.77. The van der Waals surface area contributed by atoms with E-state index in [1.807, 2.05) is 25.2 Å². The van der Waals surface area contributed by atoms with Crippen molar-refractivity contribution in [1.29, 1.82) is 0 Å². The van der Waals surface area contributed by atoms with Gasteiger partial charge in [0.25, 0.3) is 5.91 Å². The third-order valence-corrected chi connectivity index (χ3v) is 2.77. The predicted octanol–water partition coefficient (Wildman–Crippen LogP) is 2.23. The van der Waals surface area contributed by atoms with E-state index in [-0.39, 0.29) is 0 Å². The van der Waals surface area contributed by atoms with Gasteiger partial charge in [0.2, 0.25) is 0 Å². The molecule has 1 aromatic rings. The summed E-state index contributed by atoms with van der Waals surface area (Å²) in [5.74, 6) is 0.0327. The lowest BCUT2D eigenvalue weighted by Gasteiger charge is -2.15. The van der Waals surface area contributed by atoms with Gasteiger partial charge >= 0.3 is 6.18 Å². The molecule has 118 valence electrons. The molecule has 4 nitrogen and oxygen atoms in total. The highest BCUT2D eigenvalue weighted by atomic mass is 19.4. The number of carbonyl (C=O) groups excluding carboxylic acids is 1. The maximum atomic E-state index is 12.0. The molecule has 0 aliphatic rings. The molecule has 0 radical (unpaired) electrons. The summed E-state index contributed by atoms with van der Waals surface area (Å²) >= 11 is 0. The molecule has 0 aliphatic carbocycles. The Bertz CT molecular complexity index is 475. The van der Waals surface area contributed by atoms with Crippen LogP contribution in [-0.2, 0) is 4.79 Å². The lowest BCUT2D eigenvalue weighted by molar-refractivity contribution is -0.201. The van der Waals surface area contributed by atoms with Crippen LogP contribution >= 0.6 is 0 Å². The third-order valence-electron chi connectivity index (χ3n) is 2.77. The molecule has 1 aromatic carbocycles. The summed E-state index contributed by atoms with van der Waals surface area (Å²) in [4.78, 5) is 11.4. The maximum Gasteiger partial charge on any atom is 0.416 e. The number of hydrogen-bond acceptors (Lipinski definition) is 3. The number of hydrogen-bond donors (Lipinski definition) is 2. The largest absolute Gasteiger partial charge is 0.484 e. The van der Waals surface area contributed by atoms with Crippen molar-refractivity contribution in [2.75, 3.05) is 13.2 Å². The molecule has 0 aliphatic heterocycles. The van der Waals surface area contributed by atoms with E-state index < -0.39 is 31.3 Å². The molecular weight excluding hydrogens is 287 g/mol. The Labute approximate surface area is 120 Å². The minimum absolute atomic E-state index is 0.296. The molecule has 0 fully saturated rings. The van der Waals surface area contributed by atoms with E-state index in [2.05, 4.69) is 0 Å². The van der Waals surface area contributed by atoms with Crippen LogP contribution in [-0.4, -0.2) is 36.4 Å². The average molecular weight is 305 g/mol. The number of alkyl halides is 3. The van der Waals surface area contributed by atoms with Crippen LogP contribution in [0.25, 0.3) is 0 Å². The lowest BCUT2D eigenvalue weighted by atomic mass is 10.0. The van der Waals surface area contributed by atoms with Crippen molar-refractivity contribution in [2.24, 2.45) is 0 Å². The number of ether oxygens (including phenoxy) is 1. The van der Waals surface area contributed by atoms with E-state index in [4.69, 9.17) is 9.84 Å². The maximum absolute atomic E-state index is 12.0. The van der Waals surface area contributed by atoms with Gasteiger partial charge in [-0.05, 0) is 23.6 Å². The standard InChI is InChI=1S/C14H18F3NO3/c1-9(2)10-4-3-5-11(6-10)21-8-13(20)18-7-12(19)14(15,16)17/h3-6,9,12,19H,7-8H2,1-2H3,(H,18,20). The van der Waals surface area contributed by atoms with E-state index in [9.17, 15) is 18.0 Å². The lowest BCUT2D eigenvalue weighted by Crippen LogP contribution is -2.42. The number of rotatable bonds is 6. The summed E-state index contributed by atoms with van der Waals surface area (Å²) in [7, 11) is 0. The first kappa shape index (κ1) is 17.3. The van der Waals surface area contributed by atoms with Crippen LogP contribution in [0.4, 0.5) is 13.2 Å². The molecule has 2 N–H and O–H groups in total. The second-order valence-electron chi connectivity index (χ2n) is 4.88. The molecule has 0 aromatic heterocycles. The van der Waals surface area contributed by atoms with Crippen molar-refractivity contribution in [3.63, 3.8) is 0 Å². The highest BCUT2D eigenvalue weighted by Crippen LogP contribution is 2.20. The smallest absolute Gasteiger partial charge is 0.416 e. The van der Waals surface area contributed by atoms with Gasteiger partial charge in [-0.3, -0.25) is 4.79 Å². The fourth-order valence-corrected chi connectivity index (χ4v) is 1.49. The van der Waals surface area contributed by atoms with Gasteiger partial charge in [0.15, 0.2) is 12.7 Å². The van der Waals surface area contributed by atoms with E-state index in [1.54, 1.807) is 18.2 Å². The van der Waals surface area contributed by atoms with Crippen LogP contribution < -0.4 is 10.1 Å². The highest BCUT2D eigenvalue weighted by Gasteiger charge is 2.38. The van der Waals surface area contributed by atoms with Crippen LogP contribution in [0, 0.1) is 0 Å². The van der Waals surface area contributed by atoms with Crippen molar-refractivity contribution in [1.82, 2.24) is 5.32 Å². The zero-order valence-electron chi connectivity index (χ0n) is 11.8. The van der Waals surface area contributed by atoms with Gasteiger partial charge in [-0.1, -0.05) is 26.0 Å². The predicted molar refractivity (Wildman–Crippen MR) is 71.1 cm³/mol. The second-order valence-corrected chi connectivity index (χ2v) is 4.88. The van der Waals surface area contributed by atoms with E-state index in [0.717, 1.165) is 5.56 Å². The normalized spacial score (nSPS) is 13.1. The molecule has 0 saturated carbocycles. The summed E-state index contributed by atoms with van der Waals surface area (Å²) < 4.78 is 41.3. The first-order chi connectivity index (χ1) is 9.70. The Morgan fingerprint density at radius 2 is 2.05 bits per heavy atom. The number of benzene rings is 1. The molecule has 1 atom stereocenters. The van der Waals surface area contributed by atoms with Gasteiger partial charge < -0.3 is 15.2 Å². The van der Waals surface area contributed by atoms with E-state index in [1.165, 1.54) is 0 Å². The summed E-state index contributed by atoms with van der Waals surface area (Å²) in [6.45, 7) is 2.71. The summed E-state index contributed by atoms with van der Waals surface area (Å²) in [5.41, 5.74) is 1.03. The van der Waals surface area contributed by atoms with Crippen LogP contribution in [0.15, 0.2) is 24.3 Å². The Kier molecular flexibility index (Phi) is 6.02. The molecule has 21 heavy (non-hydrogen) atoms. The topological polar surface area (TPSA) is 58.6 Å². The van der Waals surface area contributed by atoms with Crippen molar-refractivity contribution in [3.05, 3.63) is 29.8 Å². The van der Waals surface area contributed by atoms with Gasteiger partial charge in [-0.15, -0.1) is 0 Å². The molecule has 0 spiro atoms. The van der Waals surface area contributed by atoms with E-state index >= 15 is 0 Å². The number of halogens is 3. The molecular formula is C14H18F3NO3. The number of carbonyl (C=O) groups is 1. The van der Waals surface area contributed by atoms with Gasteiger partial charge in [0.05, 0.1) is 6.54 Å². The summed E-state index contributed by atoms with van der Waals surface area (Å²) in [6, 6.07) is 7.11. The zero-order valence-corrected chi connectivity index (χ0v) is 11.8. The minimum atomic E-state index is -4.75. The molecule has 0 saturated heterocycles. The molecule has 7 heteroatoms. The van der Waals surface area contributed by atoms with E-state index in [0.29, 0.717) is 11.7 Å². The van der Waals surface area contributed by atoms with Gasteiger partial charge in [0, 0.05) is 0 Å². The fourth-order valence-electron chi connectivity index (χ4n) is 1.49. The van der Waals surface area contributed by atoms with Crippen LogP contribution in [0.2, 0.25) is 0 Å². The van der Waals surface area contributed by atoms with Crippen LogP contribution in [0.1, 0.15) is 25.3 Å². The third kappa shape index (κ3) is 6.03. The van der Waals surface area contributed by atoms with Gasteiger partial charge in [-0.25, -0.2) is 0 Å². The van der Waals surface area contributed by atoms with Crippen LogP contribution in [0.5, 0.6) is 5.75 Å². The molecule has 0 bridgehead atoms. The first-order valence-corrected chi connectivity index (χ1v) is 6.44. The number of nitrogens with one attached hydrogen (secondary N) is 1. The zero-order chi connectivity index (χ0) is 16.0. The van der Waals surface area contributed by atoms with Crippen molar-refractivity contribution in [2.45, 2.75) is 32.0 Å². The fraction of sp³-hybridized carbons (Fsp3) is 0.500. The number of aliphatic hydroxyl groups excluding tert-OH is 1. The van der Waals surface area contributed by atoms with Crippen molar-refractivity contribution in [3.8, 4) is 5.75 Å². The number of aliphatic hydroxyl groups is 1. The summed E-state index contributed by atoms with van der Waals surface area (Å²) in [6.07, 6.45) is -7.33. The van der Waals surface area contributed by atoms with Gasteiger partial charge in [-0.2, -0.15) is 13.2 Å².